The Labute approximate surface area is 209 Å². The summed E-state index contributed by atoms with van der Waals surface area (Å²) in [5.74, 6) is 1.86. The number of ether oxygens (including phenoxy) is 2. The minimum atomic E-state index is -0.344. The Hall–Kier alpha value is -3.83. The van der Waals surface area contributed by atoms with Gasteiger partial charge in [0.2, 0.25) is 11.9 Å². The number of benzene rings is 1. The molecule has 2 aliphatic rings. The highest BCUT2D eigenvalue weighted by atomic mass is 16.5. The molecule has 2 saturated heterocycles. The standard InChI is InChI=1S/C25H30N8O3/c1-17-15-35-12-10-32(17)23-29-22(30-24(31-23)33-11-13-36-16-18(33)2)19-5-7-20(8-6-19)27-25(34)28-21-4-3-9-26-14-21/h3-9,14,17-18H,10-13,15-16H2,1-2H3,(H2,27,28,34)/t17-,18-/m1/s1. The van der Waals surface area contributed by atoms with Crippen LogP contribution in [0.15, 0.2) is 48.8 Å². The molecule has 2 aliphatic heterocycles. The Balaban J connectivity index is 1.39. The van der Waals surface area contributed by atoms with Crippen molar-refractivity contribution in [2.45, 2.75) is 25.9 Å². The van der Waals surface area contributed by atoms with E-state index in [4.69, 9.17) is 24.4 Å². The summed E-state index contributed by atoms with van der Waals surface area (Å²) in [6.07, 6.45) is 3.24. The lowest BCUT2D eigenvalue weighted by Gasteiger charge is -2.36. The maximum absolute atomic E-state index is 12.3. The van der Waals surface area contributed by atoms with Gasteiger partial charge in [-0.1, -0.05) is 0 Å². The van der Waals surface area contributed by atoms with Crippen LogP contribution in [0.5, 0.6) is 0 Å². The van der Waals surface area contributed by atoms with Crippen LogP contribution in [0.25, 0.3) is 11.4 Å². The van der Waals surface area contributed by atoms with E-state index < -0.39 is 0 Å². The maximum Gasteiger partial charge on any atom is 0.323 e. The van der Waals surface area contributed by atoms with Crippen LogP contribution in [0.1, 0.15) is 13.8 Å². The van der Waals surface area contributed by atoms with Crippen LogP contribution < -0.4 is 20.4 Å². The molecule has 0 saturated carbocycles. The second kappa shape index (κ2) is 10.8. The predicted molar refractivity (Wildman–Crippen MR) is 137 cm³/mol. The molecule has 4 heterocycles. The minimum absolute atomic E-state index is 0.161. The summed E-state index contributed by atoms with van der Waals surface area (Å²) in [6, 6.07) is 11.0. The lowest BCUT2D eigenvalue weighted by molar-refractivity contribution is 0.0969. The van der Waals surface area contributed by atoms with Crippen LogP contribution in [-0.4, -0.2) is 77.6 Å². The molecular formula is C25H30N8O3. The number of amides is 2. The Morgan fingerprint density at radius 3 is 2.03 bits per heavy atom. The lowest BCUT2D eigenvalue weighted by Crippen LogP contribution is -2.46. The van der Waals surface area contributed by atoms with Gasteiger partial charge in [0.1, 0.15) is 0 Å². The number of nitrogens with one attached hydrogen (secondary N) is 2. The van der Waals surface area contributed by atoms with Crippen LogP contribution in [-0.2, 0) is 9.47 Å². The molecule has 188 valence electrons. The second-order valence-corrected chi connectivity index (χ2v) is 8.89. The van der Waals surface area contributed by atoms with Crippen molar-refractivity contribution in [1.29, 1.82) is 0 Å². The number of carbonyl (C=O) groups is 1. The van der Waals surface area contributed by atoms with E-state index in [1.165, 1.54) is 0 Å². The molecule has 2 amide bonds. The number of carbonyl (C=O) groups excluding carboxylic acids is 1. The third kappa shape index (κ3) is 5.52. The van der Waals surface area contributed by atoms with Gasteiger partial charge in [-0.2, -0.15) is 15.0 Å². The summed E-state index contributed by atoms with van der Waals surface area (Å²) < 4.78 is 11.2. The largest absolute Gasteiger partial charge is 0.377 e. The highest BCUT2D eigenvalue weighted by molar-refractivity contribution is 5.99. The molecule has 2 atom stereocenters. The molecule has 11 nitrogen and oxygen atoms in total. The first-order valence-corrected chi connectivity index (χ1v) is 12.1. The molecule has 11 heteroatoms. The number of hydrogen-bond donors (Lipinski definition) is 2. The van der Waals surface area contributed by atoms with Gasteiger partial charge in [0.05, 0.1) is 50.4 Å². The van der Waals surface area contributed by atoms with Gasteiger partial charge in [0.25, 0.3) is 0 Å². The highest BCUT2D eigenvalue weighted by Crippen LogP contribution is 2.26. The van der Waals surface area contributed by atoms with E-state index in [1.807, 2.05) is 24.3 Å². The first-order chi connectivity index (χ1) is 17.6. The molecule has 1 aromatic carbocycles. The molecule has 36 heavy (non-hydrogen) atoms. The maximum atomic E-state index is 12.3. The van der Waals surface area contributed by atoms with Gasteiger partial charge >= 0.3 is 6.03 Å². The summed E-state index contributed by atoms with van der Waals surface area (Å²) in [7, 11) is 0. The normalized spacial score (nSPS) is 20.2. The van der Waals surface area contributed by atoms with E-state index in [0.717, 1.165) is 18.7 Å². The first-order valence-electron chi connectivity index (χ1n) is 12.1. The molecule has 2 N–H and O–H groups in total. The fourth-order valence-corrected chi connectivity index (χ4v) is 4.22. The number of urea groups is 1. The average molecular weight is 491 g/mol. The van der Waals surface area contributed by atoms with Crippen molar-refractivity contribution >= 4 is 29.3 Å². The lowest BCUT2D eigenvalue weighted by atomic mass is 10.2. The molecule has 0 radical (unpaired) electrons. The van der Waals surface area contributed by atoms with Crippen molar-refractivity contribution in [3.8, 4) is 11.4 Å². The predicted octanol–water partition coefficient (Wildman–Crippen LogP) is 3.03. The van der Waals surface area contributed by atoms with Gasteiger partial charge in [-0.3, -0.25) is 4.98 Å². The van der Waals surface area contributed by atoms with Gasteiger partial charge in [-0.15, -0.1) is 0 Å². The van der Waals surface area contributed by atoms with Gasteiger partial charge in [0, 0.05) is 30.5 Å². The smallest absolute Gasteiger partial charge is 0.323 e. The topological polar surface area (TPSA) is 118 Å². The SMILES string of the molecule is C[C@@H]1COCCN1c1nc(-c2ccc(NC(=O)Nc3cccnc3)cc2)nc(N2CCOC[C@H]2C)n1. The van der Waals surface area contributed by atoms with Crippen molar-refractivity contribution in [2.75, 3.05) is 60.0 Å². The molecule has 2 aromatic heterocycles. The number of rotatable bonds is 5. The van der Waals surface area contributed by atoms with Crippen LogP contribution >= 0.6 is 0 Å². The third-order valence-electron chi connectivity index (χ3n) is 6.18. The summed E-state index contributed by atoms with van der Waals surface area (Å²) >= 11 is 0. The minimum Gasteiger partial charge on any atom is -0.377 e. The van der Waals surface area contributed by atoms with Gasteiger partial charge < -0.3 is 29.9 Å². The zero-order chi connectivity index (χ0) is 24.9. The Kier molecular flexibility index (Phi) is 7.19. The van der Waals surface area contributed by atoms with E-state index >= 15 is 0 Å². The zero-order valence-corrected chi connectivity index (χ0v) is 20.4. The molecular weight excluding hydrogens is 460 g/mol. The van der Waals surface area contributed by atoms with E-state index in [2.05, 4.69) is 39.3 Å². The fraction of sp³-hybridized carbons (Fsp3) is 0.400. The molecule has 0 unspecified atom stereocenters. The van der Waals surface area contributed by atoms with Crippen LogP contribution in [0.4, 0.5) is 28.1 Å². The monoisotopic (exact) mass is 490 g/mol. The molecule has 2 fully saturated rings. The highest BCUT2D eigenvalue weighted by Gasteiger charge is 2.27. The average Bonchev–Trinajstić information content (AvgIpc) is 2.90. The third-order valence-corrected chi connectivity index (χ3v) is 6.18. The Bertz CT molecular complexity index is 1140. The van der Waals surface area contributed by atoms with Crippen molar-refractivity contribution < 1.29 is 14.3 Å². The van der Waals surface area contributed by atoms with E-state index in [0.29, 0.717) is 55.5 Å². The van der Waals surface area contributed by atoms with E-state index in [-0.39, 0.29) is 18.1 Å². The van der Waals surface area contributed by atoms with Crippen molar-refractivity contribution in [1.82, 2.24) is 19.9 Å². The summed E-state index contributed by atoms with van der Waals surface area (Å²) in [6.45, 7) is 8.19. The summed E-state index contributed by atoms with van der Waals surface area (Å²) in [4.78, 5) is 35.2. The number of aromatic nitrogens is 4. The number of pyridine rings is 1. The Morgan fingerprint density at radius 2 is 1.47 bits per heavy atom. The number of hydrogen-bond acceptors (Lipinski definition) is 9. The summed E-state index contributed by atoms with van der Waals surface area (Å²) in [5.41, 5.74) is 2.10. The quantitative estimate of drug-likeness (QED) is 0.556. The number of nitrogens with zero attached hydrogens (tertiary/aromatic N) is 6. The molecule has 0 aliphatic carbocycles. The van der Waals surface area contributed by atoms with Gasteiger partial charge in [-0.05, 0) is 50.2 Å². The van der Waals surface area contributed by atoms with Gasteiger partial charge in [0.15, 0.2) is 5.82 Å². The van der Waals surface area contributed by atoms with Crippen LogP contribution in [0, 0.1) is 0 Å². The molecule has 0 spiro atoms. The zero-order valence-electron chi connectivity index (χ0n) is 20.4. The molecule has 0 bridgehead atoms. The number of morpholine rings is 2. The molecule has 5 rings (SSSR count). The van der Waals surface area contributed by atoms with Crippen LogP contribution in [0.2, 0.25) is 0 Å². The second-order valence-electron chi connectivity index (χ2n) is 8.89. The van der Waals surface area contributed by atoms with Crippen molar-refractivity contribution in [2.24, 2.45) is 0 Å². The first kappa shape index (κ1) is 23.9. The van der Waals surface area contributed by atoms with Crippen molar-refractivity contribution in [3.63, 3.8) is 0 Å². The van der Waals surface area contributed by atoms with E-state index in [1.54, 1.807) is 24.5 Å². The Morgan fingerprint density at radius 1 is 0.861 bits per heavy atom. The molecule has 3 aromatic rings. The van der Waals surface area contributed by atoms with Crippen LogP contribution in [0.3, 0.4) is 0 Å². The van der Waals surface area contributed by atoms with Gasteiger partial charge in [-0.25, -0.2) is 4.79 Å². The summed E-state index contributed by atoms with van der Waals surface area (Å²) in [5, 5.41) is 5.59. The van der Waals surface area contributed by atoms with E-state index in [9.17, 15) is 4.79 Å². The number of anilines is 4. The fourth-order valence-electron chi connectivity index (χ4n) is 4.22. The van der Waals surface area contributed by atoms with Crippen molar-refractivity contribution in [3.05, 3.63) is 48.8 Å².